The number of ether oxygens (including phenoxy) is 1. The summed E-state index contributed by atoms with van der Waals surface area (Å²) >= 11 is 0. The maximum Gasteiger partial charge on any atom is 0.408 e. The summed E-state index contributed by atoms with van der Waals surface area (Å²) in [6, 6.07) is -0.957. The van der Waals surface area contributed by atoms with Gasteiger partial charge in [-0.05, 0) is 18.3 Å². The SMILES string of the molecule is C=CCC1C[C@H]1OC(=O)N[C@H](C(=O)O)C(C)(C)C. The molecule has 0 bridgehead atoms. The van der Waals surface area contributed by atoms with E-state index >= 15 is 0 Å². The largest absolute Gasteiger partial charge is 0.480 e. The van der Waals surface area contributed by atoms with Gasteiger partial charge < -0.3 is 15.2 Å². The molecule has 1 aliphatic rings. The van der Waals surface area contributed by atoms with Gasteiger partial charge in [0.2, 0.25) is 0 Å². The molecule has 5 heteroatoms. The number of allylic oxidation sites excluding steroid dienone is 1. The van der Waals surface area contributed by atoms with Crippen LogP contribution in [0.15, 0.2) is 12.7 Å². The van der Waals surface area contributed by atoms with Gasteiger partial charge in [-0.15, -0.1) is 6.58 Å². The zero-order chi connectivity index (χ0) is 13.9. The van der Waals surface area contributed by atoms with Crippen LogP contribution in [0.5, 0.6) is 0 Å². The highest BCUT2D eigenvalue weighted by Gasteiger charge is 2.41. The molecule has 1 aliphatic carbocycles. The predicted molar refractivity (Wildman–Crippen MR) is 67.2 cm³/mol. The van der Waals surface area contributed by atoms with Gasteiger partial charge in [0, 0.05) is 5.92 Å². The first-order chi connectivity index (χ1) is 8.25. The third-order valence-corrected chi connectivity index (χ3v) is 2.96. The van der Waals surface area contributed by atoms with Crippen LogP contribution in [0.1, 0.15) is 33.6 Å². The van der Waals surface area contributed by atoms with Gasteiger partial charge in [-0.3, -0.25) is 0 Å². The van der Waals surface area contributed by atoms with E-state index in [2.05, 4.69) is 11.9 Å². The van der Waals surface area contributed by atoms with Crippen molar-refractivity contribution in [3.63, 3.8) is 0 Å². The maximum absolute atomic E-state index is 11.6. The van der Waals surface area contributed by atoms with Gasteiger partial charge in [-0.25, -0.2) is 9.59 Å². The van der Waals surface area contributed by atoms with Crippen molar-refractivity contribution in [2.24, 2.45) is 11.3 Å². The second-order valence-electron chi connectivity index (χ2n) is 5.75. The lowest BCUT2D eigenvalue weighted by Crippen LogP contribution is -2.49. The van der Waals surface area contributed by atoms with Crippen molar-refractivity contribution in [1.29, 1.82) is 0 Å². The molecule has 5 nitrogen and oxygen atoms in total. The number of hydrogen-bond acceptors (Lipinski definition) is 3. The smallest absolute Gasteiger partial charge is 0.408 e. The molecule has 0 aromatic carbocycles. The van der Waals surface area contributed by atoms with Crippen molar-refractivity contribution in [2.75, 3.05) is 0 Å². The molecule has 18 heavy (non-hydrogen) atoms. The fourth-order valence-electron chi connectivity index (χ4n) is 1.76. The number of carboxylic acids is 1. The molecule has 0 aliphatic heterocycles. The minimum Gasteiger partial charge on any atom is -0.480 e. The highest BCUT2D eigenvalue weighted by atomic mass is 16.6. The number of carbonyl (C=O) groups is 2. The first-order valence-corrected chi connectivity index (χ1v) is 6.06. The molecule has 1 unspecified atom stereocenters. The summed E-state index contributed by atoms with van der Waals surface area (Å²) in [6.07, 6.45) is 2.68. The summed E-state index contributed by atoms with van der Waals surface area (Å²) in [6.45, 7) is 8.89. The number of hydrogen-bond donors (Lipinski definition) is 2. The molecule has 0 spiro atoms. The van der Waals surface area contributed by atoms with Gasteiger partial charge in [-0.2, -0.15) is 0 Å². The van der Waals surface area contributed by atoms with Crippen molar-refractivity contribution < 1.29 is 19.4 Å². The fourth-order valence-corrected chi connectivity index (χ4v) is 1.76. The number of amides is 1. The number of nitrogens with one attached hydrogen (secondary N) is 1. The highest BCUT2D eigenvalue weighted by Crippen LogP contribution is 2.37. The molecule has 0 saturated heterocycles. The summed E-state index contributed by atoms with van der Waals surface area (Å²) in [5, 5.41) is 11.5. The molecule has 1 amide bonds. The Kier molecular flexibility index (Phi) is 4.38. The topological polar surface area (TPSA) is 75.6 Å². The first kappa shape index (κ1) is 14.5. The van der Waals surface area contributed by atoms with Crippen molar-refractivity contribution in [2.45, 2.75) is 45.8 Å². The molecule has 1 saturated carbocycles. The van der Waals surface area contributed by atoms with Gasteiger partial charge in [0.1, 0.15) is 12.1 Å². The van der Waals surface area contributed by atoms with Crippen LogP contribution in [0.25, 0.3) is 0 Å². The number of carboxylic acid groups (broad SMARTS) is 1. The van der Waals surface area contributed by atoms with E-state index in [4.69, 9.17) is 9.84 Å². The Morgan fingerprint density at radius 2 is 2.17 bits per heavy atom. The molecule has 2 N–H and O–H groups in total. The van der Waals surface area contributed by atoms with Gasteiger partial charge in [0.15, 0.2) is 0 Å². The van der Waals surface area contributed by atoms with Crippen LogP contribution in [0, 0.1) is 11.3 Å². The maximum atomic E-state index is 11.6. The third kappa shape index (κ3) is 4.05. The van der Waals surface area contributed by atoms with Gasteiger partial charge in [0.05, 0.1) is 0 Å². The van der Waals surface area contributed by atoms with E-state index in [1.165, 1.54) is 0 Å². The predicted octanol–water partition coefficient (Wildman–Crippen LogP) is 2.18. The van der Waals surface area contributed by atoms with E-state index in [-0.39, 0.29) is 6.10 Å². The molecular formula is C13H21NO4. The zero-order valence-corrected chi connectivity index (χ0v) is 11.1. The molecule has 3 atom stereocenters. The van der Waals surface area contributed by atoms with E-state index in [0.29, 0.717) is 5.92 Å². The van der Waals surface area contributed by atoms with Crippen molar-refractivity contribution >= 4 is 12.1 Å². The van der Waals surface area contributed by atoms with Gasteiger partial charge in [0.25, 0.3) is 0 Å². The highest BCUT2D eigenvalue weighted by molar-refractivity contribution is 5.80. The minimum absolute atomic E-state index is 0.0996. The quantitative estimate of drug-likeness (QED) is 0.738. The Balaban J connectivity index is 2.44. The number of alkyl carbamates (subject to hydrolysis) is 1. The second-order valence-corrected chi connectivity index (χ2v) is 5.75. The Morgan fingerprint density at radius 1 is 1.56 bits per heavy atom. The molecule has 0 radical (unpaired) electrons. The zero-order valence-electron chi connectivity index (χ0n) is 11.1. The summed E-state index contributed by atoms with van der Waals surface area (Å²) in [4.78, 5) is 22.6. The van der Waals surface area contributed by atoms with Crippen molar-refractivity contribution in [1.82, 2.24) is 5.32 Å². The molecule has 0 aromatic heterocycles. The minimum atomic E-state index is -1.06. The summed E-state index contributed by atoms with van der Waals surface area (Å²) in [7, 11) is 0. The van der Waals surface area contributed by atoms with E-state index < -0.39 is 23.5 Å². The molecule has 0 heterocycles. The van der Waals surface area contributed by atoms with E-state index in [1.54, 1.807) is 26.8 Å². The lowest BCUT2D eigenvalue weighted by Gasteiger charge is -2.27. The van der Waals surface area contributed by atoms with E-state index in [1.807, 2.05) is 0 Å². The fraction of sp³-hybridized carbons (Fsp3) is 0.692. The van der Waals surface area contributed by atoms with Crippen LogP contribution in [0.3, 0.4) is 0 Å². The lowest BCUT2D eigenvalue weighted by atomic mass is 9.87. The normalized spacial score (nSPS) is 23.9. The number of aliphatic carboxylic acids is 1. The third-order valence-electron chi connectivity index (χ3n) is 2.96. The Labute approximate surface area is 107 Å². The molecule has 1 rings (SSSR count). The number of carbonyl (C=O) groups excluding carboxylic acids is 1. The average Bonchev–Trinajstić information content (AvgIpc) is 2.91. The van der Waals surface area contributed by atoms with Crippen molar-refractivity contribution in [3.8, 4) is 0 Å². The molecular weight excluding hydrogens is 234 g/mol. The van der Waals surface area contributed by atoms with Crippen LogP contribution >= 0.6 is 0 Å². The van der Waals surface area contributed by atoms with Gasteiger partial charge in [-0.1, -0.05) is 26.8 Å². The van der Waals surface area contributed by atoms with Crippen molar-refractivity contribution in [3.05, 3.63) is 12.7 Å². The second kappa shape index (κ2) is 5.42. The molecule has 1 fully saturated rings. The monoisotopic (exact) mass is 255 g/mol. The average molecular weight is 255 g/mol. The first-order valence-electron chi connectivity index (χ1n) is 6.06. The molecule has 102 valence electrons. The Morgan fingerprint density at radius 3 is 2.61 bits per heavy atom. The van der Waals surface area contributed by atoms with Crippen LogP contribution in [-0.2, 0) is 9.53 Å². The Bertz CT molecular complexity index is 345. The summed E-state index contributed by atoms with van der Waals surface area (Å²) in [5.74, 6) is -0.718. The van der Waals surface area contributed by atoms with Gasteiger partial charge >= 0.3 is 12.1 Å². The van der Waals surface area contributed by atoms with Crippen LogP contribution in [-0.4, -0.2) is 29.3 Å². The van der Waals surface area contributed by atoms with E-state index in [0.717, 1.165) is 12.8 Å². The van der Waals surface area contributed by atoms with E-state index in [9.17, 15) is 9.59 Å². The Hall–Kier alpha value is -1.52. The lowest BCUT2D eigenvalue weighted by molar-refractivity contribution is -0.142. The number of rotatable bonds is 5. The standard InChI is InChI=1S/C13H21NO4/c1-5-6-8-7-9(8)18-12(17)14-10(11(15)16)13(2,3)4/h5,8-10H,1,6-7H2,2-4H3,(H,14,17)(H,15,16)/t8?,9-,10-/m1/s1. The summed E-state index contributed by atoms with van der Waals surface area (Å²) < 4.78 is 5.14. The summed E-state index contributed by atoms with van der Waals surface area (Å²) in [5.41, 5.74) is -0.561. The van der Waals surface area contributed by atoms with Crippen LogP contribution in [0.4, 0.5) is 4.79 Å². The molecule has 0 aromatic rings. The van der Waals surface area contributed by atoms with Crippen LogP contribution < -0.4 is 5.32 Å². The van der Waals surface area contributed by atoms with Crippen LogP contribution in [0.2, 0.25) is 0 Å².